The molecule has 5 nitrogen and oxygen atoms in total. The molecule has 1 aromatic heterocycles. The van der Waals surface area contributed by atoms with Crippen molar-refractivity contribution in [2.45, 2.75) is 47.1 Å². The van der Waals surface area contributed by atoms with Crippen LogP contribution in [0.15, 0.2) is 94.9 Å². The largest absolute Gasteiger partial charge is 0.478 e. The predicted octanol–water partition coefficient (Wildman–Crippen LogP) is 8.84. The number of fused-ring (bicyclic) bond motifs is 1. The summed E-state index contributed by atoms with van der Waals surface area (Å²) in [4.78, 5) is 27.4. The first-order chi connectivity index (χ1) is 20.7. The van der Waals surface area contributed by atoms with Gasteiger partial charge in [0.15, 0.2) is 0 Å². The molecule has 43 heavy (non-hydrogen) atoms. The first kappa shape index (κ1) is 27.7. The molecule has 216 valence electrons. The van der Waals surface area contributed by atoms with Gasteiger partial charge in [0, 0.05) is 38.5 Å². The fourth-order valence-corrected chi connectivity index (χ4v) is 6.96. The predicted molar refractivity (Wildman–Crippen MR) is 163 cm³/mol. The van der Waals surface area contributed by atoms with Crippen LogP contribution in [0.2, 0.25) is 5.02 Å². The van der Waals surface area contributed by atoms with Crippen LogP contribution in [0.4, 0.5) is 8.78 Å². The highest BCUT2D eigenvalue weighted by molar-refractivity contribution is 7.99. The second-order valence-corrected chi connectivity index (χ2v) is 12.7. The summed E-state index contributed by atoms with van der Waals surface area (Å²) < 4.78 is 30.8. The zero-order valence-electron chi connectivity index (χ0n) is 22.7. The van der Waals surface area contributed by atoms with E-state index >= 15 is 0 Å². The second kappa shape index (κ2) is 10.5. The van der Waals surface area contributed by atoms with E-state index in [1.165, 1.54) is 36.0 Å². The number of hydrogen-bond donors (Lipinski definition) is 2. The number of amides is 1. The topological polar surface area (TPSA) is 71.3 Å². The molecule has 5 aromatic rings. The summed E-state index contributed by atoms with van der Waals surface area (Å²) in [6, 6.07) is 21.3. The minimum absolute atomic E-state index is 0.173. The number of aromatic carboxylic acids is 1. The van der Waals surface area contributed by atoms with Crippen molar-refractivity contribution in [2.75, 3.05) is 0 Å². The minimum atomic E-state index is -1.02. The lowest BCUT2D eigenvalue weighted by Crippen LogP contribution is -2.35. The number of carbonyl (C=O) groups excluding carboxylic acids is 1. The summed E-state index contributed by atoms with van der Waals surface area (Å²) in [6.07, 6.45) is 5.46. The van der Waals surface area contributed by atoms with E-state index in [-0.39, 0.29) is 17.5 Å². The molecule has 4 aromatic carbocycles. The molecule has 0 spiro atoms. The highest BCUT2D eigenvalue weighted by Crippen LogP contribution is 2.48. The quantitative estimate of drug-likeness (QED) is 0.183. The Balaban J connectivity index is 1.37. The summed E-state index contributed by atoms with van der Waals surface area (Å²) in [7, 11) is 0. The van der Waals surface area contributed by atoms with Crippen LogP contribution in [0.5, 0.6) is 0 Å². The standard InChI is InChI=1S/C34H25ClF2N2O3S/c35-23-2-1-3-27(16-23)43-30-18-39(26-8-9-26)29-15-21(20-12-24(36)17-25(37)13-20)14-28(31(29)30)32(40)38-34(10-11-34)22-6-4-19(5-7-22)33(41)42/h1-7,12-18,26H,8-11H2,(H,38,40)(H,41,42). The molecule has 0 aliphatic heterocycles. The molecule has 2 aliphatic rings. The van der Waals surface area contributed by atoms with E-state index in [0.29, 0.717) is 34.6 Å². The van der Waals surface area contributed by atoms with Gasteiger partial charge < -0.3 is 15.0 Å². The van der Waals surface area contributed by atoms with Crippen LogP contribution in [0.3, 0.4) is 0 Å². The number of carbonyl (C=O) groups is 2. The molecule has 0 atom stereocenters. The van der Waals surface area contributed by atoms with E-state index < -0.39 is 23.1 Å². The molecule has 0 radical (unpaired) electrons. The summed E-state index contributed by atoms with van der Waals surface area (Å²) >= 11 is 7.79. The molecule has 0 bridgehead atoms. The van der Waals surface area contributed by atoms with E-state index in [0.717, 1.165) is 45.2 Å². The number of rotatable bonds is 8. The van der Waals surface area contributed by atoms with Gasteiger partial charge in [-0.1, -0.05) is 41.6 Å². The third-order valence-electron chi connectivity index (χ3n) is 8.09. The van der Waals surface area contributed by atoms with Crippen molar-refractivity contribution in [3.8, 4) is 11.1 Å². The van der Waals surface area contributed by atoms with Gasteiger partial charge >= 0.3 is 5.97 Å². The number of benzene rings is 4. The number of carboxylic acids is 1. The van der Waals surface area contributed by atoms with Crippen molar-refractivity contribution in [3.63, 3.8) is 0 Å². The van der Waals surface area contributed by atoms with E-state index in [4.69, 9.17) is 11.6 Å². The van der Waals surface area contributed by atoms with E-state index in [1.54, 1.807) is 24.3 Å². The van der Waals surface area contributed by atoms with Gasteiger partial charge in [-0.15, -0.1) is 0 Å². The van der Waals surface area contributed by atoms with Crippen LogP contribution >= 0.6 is 23.4 Å². The van der Waals surface area contributed by atoms with Gasteiger partial charge in [0.25, 0.3) is 5.91 Å². The average Bonchev–Trinajstić information content (AvgIpc) is 3.91. The van der Waals surface area contributed by atoms with Crippen LogP contribution < -0.4 is 5.32 Å². The molecule has 2 fully saturated rings. The first-order valence-corrected chi connectivity index (χ1v) is 15.1. The maximum Gasteiger partial charge on any atom is 0.335 e. The number of halogens is 3. The molecule has 1 heterocycles. The smallest absolute Gasteiger partial charge is 0.335 e. The summed E-state index contributed by atoms with van der Waals surface area (Å²) in [5.41, 5.74) is 2.46. The van der Waals surface area contributed by atoms with Crippen LogP contribution in [0.25, 0.3) is 22.0 Å². The van der Waals surface area contributed by atoms with Crippen LogP contribution in [0.1, 0.15) is 58.0 Å². The SMILES string of the molecule is O=C(O)c1ccc(C2(NC(=O)c3cc(-c4cc(F)cc(F)c4)cc4c3c(Sc3cccc(Cl)c3)cn4C3CC3)CC2)cc1. The van der Waals surface area contributed by atoms with Crippen molar-refractivity contribution in [1.29, 1.82) is 0 Å². The lowest BCUT2D eigenvalue weighted by atomic mass is 9.98. The summed E-state index contributed by atoms with van der Waals surface area (Å²) in [6.45, 7) is 0. The highest BCUT2D eigenvalue weighted by atomic mass is 35.5. The van der Waals surface area contributed by atoms with Gasteiger partial charge in [-0.25, -0.2) is 13.6 Å². The number of aromatic nitrogens is 1. The highest BCUT2D eigenvalue weighted by Gasteiger charge is 2.46. The molecule has 1 amide bonds. The Morgan fingerprint density at radius 2 is 1.63 bits per heavy atom. The number of hydrogen-bond acceptors (Lipinski definition) is 3. The molecular formula is C34H25ClF2N2O3S. The number of carboxylic acid groups (broad SMARTS) is 1. The molecule has 2 saturated carbocycles. The van der Waals surface area contributed by atoms with Crippen molar-refractivity contribution in [3.05, 3.63) is 118 Å². The Kier molecular flexibility index (Phi) is 6.78. The van der Waals surface area contributed by atoms with Crippen molar-refractivity contribution in [2.24, 2.45) is 0 Å². The molecule has 2 aliphatic carbocycles. The van der Waals surface area contributed by atoms with Gasteiger partial charge in [-0.05, 0) is 97.0 Å². The third kappa shape index (κ3) is 5.41. The maximum atomic E-state index is 14.3. The molecule has 9 heteroatoms. The van der Waals surface area contributed by atoms with E-state index in [1.807, 2.05) is 24.3 Å². The Morgan fingerprint density at radius 3 is 2.26 bits per heavy atom. The van der Waals surface area contributed by atoms with Gasteiger partial charge in [-0.2, -0.15) is 0 Å². The Hall–Kier alpha value is -4.14. The van der Waals surface area contributed by atoms with Gasteiger partial charge in [-0.3, -0.25) is 4.79 Å². The Labute approximate surface area is 255 Å². The average molecular weight is 615 g/mol. The fraction of sp³-hybridized carbons (Fsp3) is 0.176. The summed E-state index contributed by atoms with van der Waals surface area (Å²) in [5.74, 6) is -2.72. The lowest BCUT2D eigenvalue weighted by molar-refractivity contribution is 0.0696. The number of nitrogens with zero attached hydrogens (tertiary/aromatic N) is 1. The van der Waals surface area contributed by atoms with Crippen molar-refractivity contribution < 1.29 is 23.5 Å². The van der Waals surface area contributed by atoms with Crippen LogP contribution in [-0.4, -0.2) is 21.6 Å². The molecule has 7 rings (SSSR count). The molecule has 0 unspecified atom stereocenters. The fourth-order valence-electron chi connectivity index (χ4n) is 5.63. The zero-order valence-corrected chi connectivity index (χ0v) is 24.3. The van der Waals surface area contributed by atoms with Crippen molar-refractivity contribution >= 4 is 46.1 Å². The molecular weight excluding hydrogens is 590 g/mol. The lowest BCUT2D eigenvalue weighted by Gasteiger charge is -2.20. The van der Waals surface area contributed by atoms with Crippen LogP contribution in [0, 0.1) is 11.6 Å². The molecule has 0 saturated heterocycles. The Morgan fingerprint density at radius 1 is 0.930 bits per heavy atom. The third-order valence-corrected chi connectivity index (χ3v) is 9.34. The maximum absolute atomic E-state index is 14.3. The van der Waals surface area contributed by atoms with Gasteiger partial charge in [0.2, 0.25) is 0 Å². The zero-order chi connectivity index (χ0) is 29.9. The summed E-state index contributed by atoms with van der Waals surface area (Å²) in [5, 5.41) is 13.9. The normalized spacial score (nSPS) is 15.4. The minimum Gasteiger partial charge on any atom is -0.478 e. The Bertz CT molecular complexity index is 1910. The second-order valence-electron chi connectivity index (χ2n) is 11.2. The first-order valence-electron chi connectivity index (χ1n) is 13.9. The van der Waals surface area contributed by atoms with Gasteiger partial charge in [0.05, 0.1) is 22.2 Å². The van der Waals surface area contributed by atoms with E-state index in [2.05, 4.69) is 16.1 Å². The van der Waals surface area contributed by atoms with E-state index in [9.17, 15) is 23.5 Å². The molecule has 2 N–H and O–H groups in total. The number of nitrogens with one attached hydrogen (secondary N) is 1. The van der Waals surface area contributed by atoms with Crippen molar-refractivity contribution in [1.82, 2.24) is 9.88 Å². The van der Waals surface area contributed by atoms with Crippen LogP contribution in [-0.2, 0) is 5.54 Å². The van der Waals surface area contributed by atoms with Gasteiger partial charge in [0.1, 0.15) is 11.6 Å². The monoisotopic (exact) mass is 614 g/mol.